The maximum atomic E-state index is 5.26. The molecule has 0 unspecified atom stereocenters. The van der Waals surface area contributed by atoms with E-state index in [0.29, 0.717) is 6.10 Å². The summed E-state index contributed by atoms with van der Waals surface area (Å²) in [6, 6.07) is 0. The van der Waals surface area contributed by atoms with Crippen LogP contribution >= 0.6 is 10.0 Å². The molecule has 0 fully saturated rings. The first-order valence-corrected chi connectivity index (χ1v) is 4.06. The molecule has 0 N–H and O–H groups in total. The summed E-state index contributed by atoms with van der Waals surface area (Å²) in [5.41, 5.74) is 0. The van der Waals surface area contributed by atoms with Gasteiger partial charge in [-0.2, -0.15) is 0 Å². The molecule has 0 aromatic rings. The van der Waals surface area contributed by atoms with Crippen molar-refractivity contribution in [1.82, 2.24) is 0 Å². The van der Waals surface area contributed by atoms with Gasteiger partial charge >= 0.3 is 14.6 Å². The molecule has 3 heteroatoms. The molecule has 0 aliphatic heterocycles. The third-order valence-corrected chi connectivity index (χ3v) is 1.28. The van der Waals surface area contributed by atoms with E-state index < -0.39 is 0 Å². The van der Waals surface area contributed by atoms with E-state index in [1.54, 1.807) is 0 Å². The maximum absolute atomic E-state index is 5.26. The van der Waals surface area contributed by atoms with Crippen LogP contribution in [0.2, 0.25) is 0 Å². The fourth-order valence-corrected chi connectivity index (χ4v) is 0.926. The molecule has 0 saturated heterocycles. The minimum Gasteiger partial charge on any atom is -0.493 e. The van der Waals surface area contributed by atoms with Crippen LogP contribution in [0.1, 0.15) is 13.8 Å². The molecular weight excluding hydrogens is 114 g/mol. The molecule has 0 aromatic carbocycles. The summed E-state index contributed by atoms with van der Waals surface area (Å²) in [5.74, 6) is 0. The van der Waals surface area contributed by atoms with Crippen molar-refractivity contribution < 1.29 is 3.79 Å². The van der Waals surface area contributed by atoms with E-state index in [1.807, 2.05) is 13.8 Å². The highest BCUT2D eigenvalue weighted by Gasteiger charge is 1.89. The first kappa shape index (κ1) is 6.78. The molecule has 0 spiro atoms. The lowest BCUT2D eigenvalue weighted by atomic mass is 10.5. The normalized spacial score (nSPS) is 9.33. The van der Waals surface area contributed by atoms with E-state index in [1.165, 1.54) is 0 Å². The highest BCUT2D eigenvalue weighted by Crippen LogP contribution is 1.84. The van der Waals surface area contributed by atoms with Crippen molar-refractivity contribution in [3.8, 4) is 0 Å². The van der Waals surface area contributed by atoms with Crippen molar-refractivity contribution in [2.75, 3.05) is 0 Å². The van der Waals surface area contributed by atoms with Crippen LogP contribution in [-0.4, -0.2) is 20.7 Å². The molecule has 0 amide bonds. The van der Waals surface area contributed by atoms with Gasteiger partial charge in [0.15, 0.2) is 0 Å². The van der Waals surface area contributed by atoms with Crippen LogP contribution in [-0.2, 0) is 3.79 Å². The summed E-state index contributed by atoms with van der Waals surface area (Å²) in [6.07, 6.45) is 0.303. The molecule has 6 heavy (non-hydrogen) atoms. The fraction of sp³-hybridized carbons (Fsp3) is 1.00. The molecule has 0 aliphatic carbocycles. The lowest BCUT2D eigenvalue weighted by Crippen LogP contribution is -2.01. The van der Waals surface area contributed by atoms with Gasteiger partial charge in [-0.1, -0.05) is 0 Å². The lowest BCUT2D eigenvalue weighted by molar-refractivity contribution is 0.263. The zero-order valence-corrected chi connectivity index (χ0v) is 5.85. The molecule has 35 valence electrons. The van der Waals surface area contributed by atoms with Gasteiger partial charge in [-0.25, -0.2) is 10.0 Å². The largest absolute Gasteiger partial charge is 0.571 e. The van der Waals surface area contributed by atoms with E-state index in [-0.39, 0.29) is 14.6 Å². The summed E-state index contributed by atoms with van der Waals surface area (Å²) < 4.78 is 4.89. The van der Waals surface area contributed by atoms with Gasteiger partial charge < -0.3 is 3.79 Å². The molecule has 0 aromatic heterocycles. The number of hydrogen-bond donors (Lipinski definition) is 0. The van der Waals surface area contributed by atoms with Crippen molar-refractivity contribution >= 4 is 24.7 Å². The summed E-state index contributed by atoms with van der Waals surface area (Å²) in [4.78, 5) is 0. The van der Waals surface area contributed by atoms with Gasteiger partial charge in [0.1, 0.15) is 0 Å². The van der Waals surface area contributed by atoms with Gasteiger partial charge in [-0.15, -0.1) is 0 Å². The number of halogens is 1. The van der Waals surface area contributed by atoms with Gasteiger partial charge in [0, 0.05) is 6.10 Å². The van der Waals surface area contributed by atoms with Crippen molar-refractivity contribution in [2.45, 2.75) is 20.0 Å². The fourth-order valence-electron chi connectivity index (χ4n) is 0.103. The molecule has 1 radical (unpaired) electrons. The van der Waals surface area contributed by atoms with Crippen LogP contribution in [0.25, 0.3) is 0 Å². The van der Waals surface area contributed by atoms with Crippen LogP contribution in [0.5, 0.6) is 0 Å². The highest BCUT2D eigenvalue weighted by molar-refractivity contribution is 6.89. The Labute approximate surface area is 48.9 Å². The SMILES string of the molecule is CC(C)[O][Al][Cl]. The van der Waals surface area contributed by atoms with Crippen molar-refractivity contribution in [3.05, 3.63) is 0 Å². The molecule has 0 heterocycles. The van der Waals surface area contributed by atoms with Crippen LogP contribution in [0.4, 0.5) is 0 Å². The zero-order valence-electron chi connectivity index (χ0n) is 3.94. The third kappa shape index (κ3) is 4.78. The molecule has 0 atom stereocenters. The van der Waals surface area contributed by atoms with Crippen LogP contribution in [0.3, 0.4) is 0 Å². The number of rotatable bonds is 2. The van der Waals surface area contributed by atoms with Gasteiger partial charge in [0.2, 0.25) is 0 Å². The van der Waals surface area contributed by atoms with Crippen molar-refractivity contribution in [3.63, 3.8) is 0 Å². The topological polar surface area (TPSA) is 9.23 Å². The minimum atomic E-state index is -0.275. The Morgan fingerprint density at radius 3 is 2.17 bits per heavy atom. The Morgan fingerprint density at radius 1 is 1.67 bits per heavy atom. The molecule has 0 rings (SSSR count). The van der Waals surface area contributed by atoms with E-state index in [0.717, 1.165) is 0 Å². The maximum Gasteiger partial charge on any atom is 0.571 e. The zero-order chi connectivity index (χ0) is 4.99. The monoisotopic (exact) mass is 121 g/mol. The van der Waals surface area contributed by atoms with Gasteiger partial charge in [0.25, 0.3) is 0 Å². The average Bonchev–Trinajstić information content (AvgIpc) is 1.35. The second-order valence-corrected chi connectivity index (χ2v) is 2.26. The summed E-state index contributed by atoms with van der Waals surface area (Å²) in [6.45, 7) is 3.94. The molecule has 0 saturated carbocycles. The quantitative estimate of drug-likeness (QED) is 0.499. The minimum absolute atomic E-state index is 0.275. The molecule has 0 aliphatic rings. The standard InChI is InChI=1S/C3H7O.Al.ClH/c1-3(2)4;;/h3H,1-2H3;;1H/q-1;+2;/p-1. The lowest BCUT2D eigenvalue weighted by Gasteiger charge is -2.00. The van der Waals surface area contributed by atoms with Gasteiger partial charge in [-0.3, -0.25) is 0 Å². The van der Waals surface area contributed by atoms with Crippen molar-refractivity contribution in [2.24, 2.45) is 0 Å². The third-order valence-electron chi connectivity index (χ3n) is 0.324. The molecule has 1 nitrogen and oxygen atoms in total. The highest BCUT2D eigenvalue weighted by atomic mass is 35.6. The van der Waals surface area contributed by atoms with Gasteiger partial charge in [0.05, 0.1) is 0 Å². The van der Waals surface area contributed by atoms with E-state index in [4.69, 9.17) is 13.8 Å². The van der Waals surface area contributed by atoms with Gasteiger partial charge in [-0.05, 0) is 13.8 Å². The Hall–Kier alpha value is 0.782. The number of hydrogen-bond acceptors (Lipinski definition) is 1. The summed E-state index contributed by atoms with van der Waals surface area (Å²) in [5, 5.41) is 0. The first-order chi connectivity index (χ1) is 2.77. The second-order valence-electron chi connectivity index (χ2n) is 1.27. The van der Waals surface area contributed by atoms with Crippen LogP contribution in [0, 0.1) is 0 Å². The molecule has 0 bridgehead atoms. The average molecular weight is 122 g/mol. The van der Waals surface area contributed by atoms with E-state index in [9.17, 15) is 0 Å². The Balaban J connectivity index is 2.63. The second kappa shape index (κ2) is 3.96. The van der Waals surface area contributed by atoms with Crippen LogP contribution < -0.4 is 0 Å². The molecular formula is C3H7AlClO. The summed E-state index contributed by atoms with van der Waals surface area (Å²) in [7, 11) is 5.26. The van der Waals surface area contributed by atoms with E-state index >= 15 is 0 Å². The summed E-state index contributed by atoms with van der Waals surface area (Å²) >= 11 is -0.275. The van der Waals surface area contributed by atoms with Crippen LogP contribution in [0.15, 0.2) is 0 Å². The Morgan fingerprint density at radius 2 is 2.17 bits per heavy atom. The van der Waals surface area contributed by atoms with Crippen molar-refractivity contribution in [1.29, 1.82) is 0 Å². The Bertz CT molecular complexity index is 32.0. The predicted molar refractivity (Wildman–Crippen MR) is 27.8 cm³/mol. The van der Waals surface area contributed by atoms with E-state index in [2.05, 4.69) is 0 Å². The smallest absolute Gasteiger partial charge is 0.493 e. The Kier molecular flexibility index (Phi) is 4.47. The first-order valence-electron chi connectivity index (χ1n) is 1.84. The predicted octanol–water partition coefficient (Wildman–Crippen LogP) is 1.18.